The van der Waals surface area contributed by atoms with Crippen molar-refractivity contribution >= 4 is 0 Å². The standard InChI is InChI=1S/C20H36F2/c1-2-3-4-5-6-16-7-11-18(12-8-16)19-13-9-17(10-14-19)15-20(21)22/h16-20H,2-15H2,1H3/t16-,17-,18-,19-. The van der Waals surface area contributed by atoms with Crippen molar-refractivity contribution in [2.24, 2.45) is 23.7 Å². The van der Waals surface area contributed by atoms with Crippen LogP contribution in [0, 0.1) is 23.7 Å². The Balaban J connectivity index is 1.59. The molecule has 0 atom stereocenters. The normalized spacial score (nSPS) is 33.3. The molecule has 2 fully saturated rings. The molecule has 0 spiro atoms. The summed E-state index contributed by atoms with van der Waals surface area (Å²) in [6, 6.07) is 0. The van der Waals surface area contributed by atoms with E-state index < -0.39 is 6.43 Å². The number of rotatable bonds is 8. The van der Waals surface area contributed by atoms with Gasteiger partial charge >= 0.3 is 0 Å². The SMILES string of the molecule is CCCCCC[C@H]1CC[C@H]([C@H]2CC[C@H](CC(F)F)CC2)CC1. The molecule has 0 aliphatic heterocycles. The van der Waals surface area contributed by atoms with Gasteiger partial charge in [-0.05, 0) is 62.2 Å². The quantitative estimate of drug-likeness (QED) is 0.415. The van der Waals surface area contributed by atoms with E-state index in [1.165, 1.54) is 70.6 Å². The smallest absolute Gasteiger partial charge is 0.211 e. The van der Waals surface area contributed by atoms with Crippen LogP contribution >= 0.6 is 0 Å². The molecule has 0 radical (unpaired) electrons. The lowest BCUT2D eigenvalue weighted by Crippen LogP contribution is -2.26. The van der Waals surface area contributed by atoms with Gasteiger partial charge in [-0.15, -0.1) is 0 Å². The Hall–Kier alpha value is -0.140. The molecule has 2 aliphatic rings. The molecule has 0 N–H and O–H groups in total. The first kappa shape index (κ1) is 18.2. The Morgan fingerprint density at radius 1 is 0.727 bits per heavy atom. The Morgan fingerprint density at radius 2 is 1.27 bits per heavy atom. The van der Waals surface area contributed by atoms with E-state index in [1.807, 2.05) is 0 Å². The average Bonchev–Trinajstić information content (AvgIpc) is 2.52. The fourth-order valence-corrected chi connectivity index (χ4v) is 4.96. The highest BCUT2D eigenvalue weighted by atomic mass is 19.3. The summed E-state index contributed by atoms with van der Waals surface area (Å²) < 4.78 is 24.9. The summed E-state index contributed by atoms with van der Waals surface area (Å²) in [5, 5.41) is 0. The van der Waals surface area contributed by atoms with E-state index in [2.05, 4.69) is 6.92 Å². The number of hydrogen-bond acceptors (Lipinski definition) is 0. The number of alkyl halides is 2. The predicted molar refractivity (Wildman–Crippen MR) is 90.3 cm³/mol. The molecular weight excluding hydrogens is 278 g/mol. The summed E-state index contributed by atoms with van der Waals surface area (Å²) in [7, 11) is 0. The van der Waals surface area contributed by atoms with Gasteiger partial charge in [-0.1, -0.05) is 51.9 Å². The van der Waals surface area contributed by atoms with E-state index in [0.29, 0.717) is 5.92 Å². The van der Waals surface area contributed by atoms with Gasteiger partial charge in [0.1, 0.15) is 0 Å². The van der Waals surface area contributed by atoms with E-state index in [9.17, 15) is 8.78 Å². The van der Waals surface area contributed by atoms with E-state index in [4.69, 9.17) is 0 Å². The average molecular weight is 315 g/mol. The first-order chi connectivity index (χ1) is 10.7. The van der Waals surface area contributed by atoms with Gasteiger partial charge in [-0.3, -0.25) is 0 Å². The molecular formula is C20H36F2. The van der Waals surface area contributed by atoms with Crippen molar-refractivity contribution in [2.45, 2.75) is 103 Å². The molecule has 130 valence electrons. The van der Waals surface area contributed by atoms with Crippen LogP contribution in [0.1, 0.15) is 96.8 Å². The lowest BCUT2D eigenvalue weighted by molar-refractivity contribution is 0.0832. The van der Waals surface area contributed by atoms with Crippen molar-refractivity contribution in [3.8, 4) is 0 Å². The second kappa shape index (κ2) is 9.88. The molecule has 2 rings (SSSR count). The maximum absolute atomic E-state index is 12.5. The highest BCUT2D eigenvalue weighted by Gasteiger charge is 2.31. The lowest BCUT2D eigenvalue weighted by atomic mass is 9.68. The molecule has 0 bridgehead atoms. The third-order valence-corrected chi connectivity index (χ3v) is 6.43. The van der Waals surface area contributed by atoms with Crippen molar-refractivity contribution in [1.82, 2.24) is 0 Å². The largest absolute Gasteiger partial charge is 0.238 e. The van der Waals surface area contributed by atoms with Gasteiger partial charge in [0.25, 0.3) is 0 Å². The lowest BCUT2D eigenvalue weighted by Gasteiger charge is -2.38. The van der Waals surface area contributed by atoms with Gasteiger partial charge < -0.3 is 0 Å². The van der Waals surface area contributed by atoms with Gasteiger partial charge in [0, 0.05) is 6.42 Å². The van der Waals surface area contributed by atoms with Gasteiger partial charge in [0.15, 0.2) is 0 Å². The monoisotopic (exact) mass is 314 g/mol. The first-order valence-electron chi connectivity index (χ1n) is 9.97. The Morgan fingerprint density at radius 3 is 1.77 bits per heavy atom. The molecule has 22 heavy (non-hydrogen) atoms. The second-order valence-electron chi connectivity index (χ2n) is 8.04. The molecule has 0 heterocycles. The van der Waals surface area contributed by atoms with Crippen molar-refractivity contribution in [3.63, 3.8) is 0 Å². The number of hydrogen-bond donors (Lipinski definition) is 0. The molecule has 0 aromatic carbocycles. The fraction of sp³-hybridized carbons (Fsp3) is 1.00. The molecule has 0 aromatic rings. The zero-order valence-corrected chi connectivity index (χ0v) is 14.5. The van der Waals surface area contributed by atoms with Crippen LogP contribution in [0.3, 0.4) is 0 Å². The first-order valence-corrected chi connectivity index (χ1v) is 9.97. The van der Waals surface area contributed by atoms with Crippen molar-refractivity contribution in [1.29, 1.82) is 0 Å². The summed E-state index contributed by atoms with van der Waals surface area (Å²) in [5.74, 6) is 3.07. The maximum atomic E-state index is 12.5. The third kappa shape index (κ3) is 6.16. The van der Waals surface area contributed by atoms with Crippen LogP contribution in [0.25, 0.3) is 0 Å². The molecule has 2 heteroatoms. The molecule has 2 saturated carbocycles. The van der Waals surface area contributed by atoms with E-state index in [1.54, 1.807) is 0 Å². The van der Waals surface area contributed by atoms with Crippen molar-refractivity contribution in [2.75, 3.05) is 0 Å². The van der Waals surface area contributed by atoms with Crippen LogP contribution in [0.4, 0.5) is 8.78 Å². The maximum Gasteiger partial charge on any atom is 0.238 e. The Kier molecular flexibility index (Phi) is 8.17. The summed E-state index contributed by atoms with van der Waals surface area (Å²) in [6.45, 7) is 2.28. The minimum Gasteiger partial charge on any atom is -0.211 e. The Bertz CT molecular complexity index is 273. The van der Waals surface area contributed by atoms with Gasteiger partial charge in [-0.2, -0.15) is 0 Å². The van der Waals surface area contributed by atoms with E-state index in [0.717, 1.165) is 30.6 Å². The highest BCUT2D eigenvalue weighted by molar-refractivity contribution is 4.82. The fourth-order valence-electron chi connectivity index (χ4n) is 4.96. The van der Waals surface area contributed by atoms with Gasteiger partial charge in [-0.25, -0.2) is 8.78 Å². The van der Waals surface area contributed by atoms with Gasteiger partial charge in [0.2, 0.25) is 6.43 Å². The second-order valence-corrected chi connectivity index (χ2v) is 8.04. The number of halogens is 2. The summed E-state index contributed by atoms with van der Waals surface area (Å²) in [5.41, 5.74) is 0. The minimum absolute atomic E-state index is 0.150. The molecule has 0 unspecified atom stereocenters. The van der Waals surface area contributed by atoms with Crippen molar-refractivity contribution in [3.05, 3.63) is 0 Å². The number of unbranched alkanes of at least 4 members (excludes halogenated alkanes) is 3. The Labute approximate surface area is 136 Å². The van der Waals surface area contributed by atoms with Crippen LogP contribution in [0.5, 0.6) is 0 Å². The van der Waals surface area contributed by atoms with E-state index >= 15 is 0 Å². The topological polar surface area (TPSA) is 0 Å². The van der Waals surface area contributed by atoms with Crippen LogP contribution in [0.2, 0.25) is 0 Å². The van der Waals surface area contributed by atoms with Gasteiger partial charge in [0.05, 0.1) is 0 Å². The van der Waals surface area contributed by atoms with Crippen LogP contribution in [-0.4, -0.2) is 6.43 Å². The molecule has 0 amide bonds. The van der Waals surface area contributed by atoms with Crippen LogP contribution in [0.15, 0.2) is 0 Å². The third-order valence-electron chi connectivity index (χ3n) is 6.43. The molecule has 2 aliphatic carbocycles. The molecule has 0 aromatic heterocycles. The minimum atomic E-state index is -2.09. The van der Waals surface area contributed by atoms with Crippen LogP contribution in [-0.2, 0) is 0 Å². The molecule has 0 saturated heterocycles. The van der Waals surface area contributed by atoms with E-state index in [-0.39, 0.29) is 6.42 Å². The summed E-state index contributed by atoms with van der Waals surface area (Å²) in [6.07, 6.45) is 15.4. The molecule has 0 nitrogen and oxygen atoms in total. The zero-order chi connectivity index (χ0) is 15.8. The van der Waals surface area contributed by atoms with Crippen molar-refractivity contribution < 1.29 is 8.78 Å². The summed E-state index contributed by atoms with van der Waals surface area (Å²) >= 11 is 0. The highest BCUT2D eigenvalue weighted by Crippen LogP contribution is 2.43. The predicted octanol–water partition coefficient (Wildman–Crippen LogP) is 7.22. The van der Waals surface area contributed by atoms with Crippen LogP contribution < -0.4 is 0 Å². The zero-order valence-electron chi connectivity index (χ0n) is 14.5. The summed E-state index contributed by atoms with van der Waals surface area (Å²) in [4.78, 5) is 0.